The lowest BCUT2D eigenvalue weighted by atomic mass is 9.58. The maximum atomic E-state index is 6.02. The molecule has 3 nitrogen and oxygen atoms in total. The molecule has 1 spiro atoms. The average molecular weight is 208 g/mol. The second kappa shape index (κ2) is 4.13. The van der Waals surface area contributed by atoms with Crippen molar-refractivity contribution in [1.29, 1.82) is 0 Å². The molecule has 2 aliphatic rings. The molecule has 78 valence electrons. The molecule has 1 heterocycles. The zero-order chi connectivity index (χ0) is 8.60. The van der Waals surface area contributed by atoms with Gasteiger partial charge < -0.3 is 15.2 Å². The highest BCUT2D eigenvalue weighted by molar-refractivity contribution is 5.85. The summed E-state index contributed by atoms with van der Waals surface area (Å²) in [5.41, 5.74) is 6.28. The van der Waals surface area contributed by atoms with Gasteiger partial charge in [-0.15, -0.1) is 12.4 Å². The minimum atomic E-state index is 0. The van der Waals surface area contributed by atoms with Gasteiger partial charge in [0, 0.05) is 31.8 Å². The Labute approximate surface area is 85.4 Å². The zero-order valence-electron chi connectivity index (χ0n) is 7.99. The van der Waals surface area contributed by atoms with E-state index in [9.17, 15) is 0 Å². The number of hydrogen-bond donors (Lipinski definition) is 1. The summed E-state index contributed by atoms with van der Waals surface area (Å²) in [4.78, 5) is 0. The number of ether oxygens (including phenoxy) is 2. The van der Waals surface area contributed by atoms with Gasteiger partial charge in [0.25, 0.3) is 0 Å². The first kappa shape index (κ1) is 11.2. The van der Waals surface area contributed by atoms with E-state index in [1.807, 2.05) is 0 Å². The predicted molar refractivity (Wildman–Crippen MR) is 53.1 cm³/mol. The molecule has 2 rings (SSSR count). The van der Waals surface area contributed by atoms with Gasteiger partial charge in [0.15, 0.2) is 0 Å². The summed E-state index contributed by atoms with van der Waals surface area (Å²) in [6.45, 7) is 1.71. The molecule has 13 heavy (non-hydrogen) atoms. The van der Waals surface area contributed by atoms with Gasteiger partial charge >= 0.3 is 0 Å². The third kappa shape index (κ3) is 1.59. The second-order valence-corrected chi connectivity index (χ2v) is 3.91. The van der Waals surface area contributed by atoms with E-state index in [1.54, 1.807) is 7.11 Å². The van der Waals surface area contributed by atoms with Crippen molar-refractivity contribution in [2.45, 2.75) is 31.4 Å². The largest absolute Gasteiger partial charge is 0.381 e. The first-order chi connectivity index (χ1) is 5.79. The molecule has 0 aromatic carbocycles. The second-order valence-electron chi connectivity index (χ2n) is 3.91. The maximum Gasteiger partial charge on any atom is 0.0659 e. The van der Waals surface area contributed by atoms with Crippen LogP contribution in [0.25, 0.3) is 0 Å². The molecule has 4 heteroatoms. The van der Waals surface area contributed by atoms with Crippen molar-refractivity contribution in [2.24, 2.45) is 11.1 Å². The van der Waals surface area contributed by atoms with E-state index in [4.69, 9.17) is 15.2 Å². The quantitative estimate of drug-likeness (QED) is 0.697. The fourth-order valence-corrected chi connectivity index (χ4v) is 2.55. The highest BCUT2D eigenvalue weighted by Gasteiger charge is 2.53. The van der Waals surface area contributed by atoms with Crippen molar-refractivity contribution in [2.75, 3.05) is 20.3 Å². The molecular formula is C9H18ClNO2. The van der Waals surface area contributed by atoms with Crippen molar-refractivity contribution in [3.63, 3.8) is 0 Å². The Kier molecular flexibility index (Phi) is 3.57. The molecule has 1 saturated carbocycles. The average Bonchev–Trinajstić information content (AvgIpc) is 2.15. The van der Waals surface area contributed by atoms with Crippen LogP contribution in [0.4, 0.5) is 0 Å². The van der Waals surface area contributed by atoms with E-state index in [1.165, 1.54) is 0 Å². The van der Waals surface area contributed by atoms with E-state index < -0.39 is 0 Å². The first-order valence-electron chi connectivity index (χ1n) is 4.66. The van der Waals surface area contributed by atoms with Gasteiger partial charge in [-0.2, -0.15) is 0 Å². The summed E-state index contributed by atoms with van der Waals surface area (Å²) in [6.07, 6.45) is 3.56. The molecule has 0 unspecified atom stereocenters. The highest BCUT2D eigenvalue weighted by atomic mass is 35.5. The van der Waals surface area contributed by atoms with E-state index >= 15 is 0 Å². The molecular weight excluding hydrogens is 190 g/mol. The molecule has 2 fully saturated rings. The van der Waals surface area contributed by atoms with Crippen LogP contribution in [0.15, 0.2) is 0 Å². The van der Waals surface area contributed by atoms with Crippen molar-refractivity contribution in [3.05, 3.63) is 0 Å². The van der Waals surface area contributed by atoms with Gasteiger partial charge in [-0.05, 0) is 19.3 Å². The minimum absolute atomic E-state index is 0. The lowest BCUT2D eigenvalue weighted by Crippen LogP contribution is -2.63. The Morgan fingerprint density at radius 2 is 2.00 bits per heavy atom. The van der Waals surface area contributed by atoms with Crippen LogP contribution in [0.1, 0.15) is 19.3 Å². The molecule has 0 aromatic rings. The Morgan fingerprint density at radius 1 is 1.38 bits per heavy atom. The molecule has 2 atom stereocenters. The van der Waals surface area contributed by atoms with Crippen LogP contribution < -0.4 is 5.73 Å². The lowest BCUT2D eigenvalue weighted by Gasteiger charge is -2.55. The Morgan fingerprint density at radius 3 is 2.46 bits per heavy atom. The van der Waals surface area contributed by atoms with Crippen molar-refractivity contribution >= 4 is 12.4 Å². The normalized spacial score (nSPS) is 36.5. The van der Waals surface area contributed by atoms with Crippen LogP contribution in [0, 0.1) is 5.41 Å². The van der Waals surface area contributed by atoms with E-state index in [-0.39, 0.29) is 17.8 Å². The summed E-state index contributed by atoms with van der Waals surface area (Å²) >= 11 is 0. The SMILES string of the molecule is CO[C@@H]1C[C@H](N)C12CCOCC2.Cl. The molecule has 0 radical (unpaired) electrons. The number of rotatable bonds is 1. The third-order valence-corrected chi connectivity index (χ3v) is 3.56. The van der Waals surface area contributed by atoms with Crippen molar-refractivity contribution in [1.82, 2.24) is 0 Å². The first-order valence-corrected chi connectivity index (χ1v) is 4.66. The summed E-state index contributed by atoms with van der Waals surface area (Å²) < 4.78 is 10.7. The van der Waals surface area contributed by atoms with Crippen LogP contribution in [-0.2, 0) is 9.47 Å². The standard InChI is InChI=1S/C9H17NO2.ClH/c1-11-8-6-7(10)9(8)2-4-12-5-3-9;/h7-8H,2-6,10H2,1H3;1H/t7-,8+;/m0./s1. The molecule has 1 aliphatic carbocycles. The molecule has 1 aliphatic heterocycles. The van der Waals surface area contributed by atoms with Crippen molar-refractivity contribution in [3.8, 4) is 0 Å². The van der Waals surface area contributed by atoms with Crippen molar-refractivity contribution < 1.29 is 9.47 Å². The Balaban J connectivity index is 0.000000845. The predicted octanol–water partition coefficient (Wildman–Crippen LogP) is 0.951. The summed E-state index contributed by atoms with van der Waals surface area (Å²) in [7, 11) is 1.79. The van der Waals surface area contributed by atoms with Gasteiger partial charge in [-0.3, -0.25) is 0 Å². The Bertz CT molecular complexity index is 171. The molecule has 0 aromatic heterocycles. The van der Waals surface area contributed by atoms with Crippen LogP contribution in [0.2, 0.25) is 0 Å². The molecule has 0 bridgehead atoms. The summed E-state index contributed by atoms with van der Waals surface area (Å²) in [6, 6.07) is 0.339. The van der Waals surface area contributed by atoms with Crippen LogP contribution >= 0.6 is 12.4 Å². The fraction of sp³-hybridized carbons (Fsp3) is 1.00. The van der Waals surface area contributed by atoms with Gasteiger partial charge in [0.2, 0.25) is 0 Å². The Hall–Kier alpha value is 0.170. The topological polar surface area (TPSA) is 44.5 Å². The van der Waals surface area contributed by atoms with E-state index in [2.05, 4.69) is 0 Å². The number of halogens is 1. The number of hydrogen-bond acceptors (Lipinski definition) is 3. The monoisotopic (exact) mass is 207 g/mol. The minimum Gasteiger partial charge on any atom is -0.381 e. The van der Waals surface area contributed by atoms with E-state index in [0.29, 0.717) is 12.1 Å². The summed E-state index contributed by atoms with van der Waals surface area (Å²) in [5.74, 6) is 0. The van der Waals surface area contributed by atoms with Gasteiger partial charge in [0.1, 0.15) is 0 Å². The third-order valence-electron chi connectivity index (χ3n) is 3.56. The molecule has 0 amide bonds. The fourth-order valence-electron chi connectivity index (χ4n) is 2.55. The van der Waals surface area contributed by atoms with Crippen LogP contribution in [0.3, 0.4) is 0 Å². The highest BCUT2D eigenvalue weighted by Crippen LogP contribution is 2.49. The molecule has 1 saturated heterocycles. The summed E-state index contributed by atoms with van der Waals surface area (Å²) in [5, 5.41) is 0. The zero-order valence-corrected chi connectivity index (χ0v) is 8.81. The van der Waals surface area contributed by atoms with Crippen LogP contribution in [0.5, 0.6) is 0 Å². The van der Waals surface area contributed by atoms with Gasteiger partial charge in [-0.25, -0.2) is 0 Å². The maximum absolute atomic E-state index is 6.02. The van der Waals surface area contributed by atoms with E-state index in [0.717, 1.165) is 32.5 Å². The number of nitrogens with two attached hydrogens (primary N) is 1. The van der Waals surface area contributed by atoms with Crippen LogP contribution in [-0.4, -0.2) is 32.5 Å². The smallest absolute Gasteiger partial charge is 0.0659 e. The number of methoxy groups -OCH3 is 1. The van der Waals surface area contributed by atoms with Gasteiger partial charge in [0.05, 0.1) is 6.10 Å². The van der Waals surface area contributed by atoms with Gasteiger partial charge in [-0.1, -0.05) is 0 Å². The molecule has 2 N–H and O–H groups in total. The lowest BCUT2D eigenvalue weighted by molar-refractivity contribution is -0.153.